The van der Waals surface area contributed by atoms with Crippen LogP contribution in [0.5, 0.6) is 0 Å². The summed E-state index contributed by atoms with van der Waals surface area (Å²) < 4.78 is 15.1. The first-order valence-corrected chi connectivity index (χ1v) is 9.33. The number of fused-ring (bicyclic) bond motifs is 1. The molecule has 0 fully saturated rings. The van der Waals surface area contributed by atoms with Crippen LogP contribution in [0, 0.1) is 5.82 Å². The van der Waals surface area contributed by atoms with Crippen molar-refractivity contribution in [2.45, 2.75) is 12.6 Å². The first kappa shape index (κ1) is 19.6. The Labute approximate surface area is 172 Å². The lowest BCUT2D eigenvalue weighted by Crippen LogP contribution is -2.46. The standard InChI is InChI=1S/C21H20FN5O3/c1-25(2)20(28)17-12-26(21(29)30)11-16-18(13-7-9-23-10-8-13)19(24-27(16)17)14-3-5-15(22)6-4-14/h3-10,17H,11-12H2,1-2H3,(H,29,30). The van der Waals surface area contributed by atoms with E-state index in [9.17, 15) is 19.1 Å². The number of pyridine rings is 1. The molecule has 0 radical (unpaired) electrons. The van der Waals surface area contributed by atoms with Gasteiger partial charge in [0.05, 0.1) is 18.8 Å². The van der Waals surface area contributed by atoms with Gasteiger partial charge in [-0.15, -0.1) is 0 Å². The van der Waals surface area contributed by atoms with E-state index in [2.05, 4.69) is 4.98 Å². The number of benzene rings is 1. The summed E-state index contributed by atoms with van der Waals surface area (Å²) in [6.07, 6.45) is 2.16. The maximum absolute atomic E-state index is 13.5. The molecular weight excluding hydrogens is 389 g/mol. The van der Waals surface area contributed by atoms with Gasteiger partial charge in [-0.3, -0.25) is 19.4 Å². The second kappa shape index (κ2) is 7.58. The molecule has 1 atom stereocenters. The zero-order valence-corrected chi connectivity index (χ0v) is 16.5. The van der Waals surface area contributed by atoms with Gasteiger partial charge in [-0.25, -0.2) is 9.18 Å². The summed E-state index contributed by atoms with van der Waals surface area (Å²) in [6, 6.07) is 8.72. The highest BCUT2D eigenvalue weighted by Gasteiger charge is 2.37. The van der Waals surface area contributed by atoms with Crippen LogP contribution in [0.25, 0.3) is 22.4 Å². The van der Waals surface area contributed by atoms with E-state index >= 15 is 0 Å². The van der Waals surface area contributed by atoms with Crippen molar-refractivity contribution in [3.63, 3.8) is 0 Å². The molecule has 3 heterocycles. The van der Waals surface area contributed by atoms with E-state index in [1.807, 2.05) is 0 Å². The molecule has 154 valence electrons. The molecular formula is C21H20FN5O3. The minimum atomic E-state index is -1.11. The maximum atomic E-state index is 13.5. The van der Waals surface area contributed by atoms with Crippen molar-refractivity contribution in [2.24, 2.45) is 0 Å². The van der Waals surface area contributed by atoms with Crippen LogP contribution in [0.4, 0.5) is 9.18 Å². The molecule has 4 rings (SSSR count). The molecule has 0 saturated carbocycles. The summed E-state index contributed by atoms with van der Waals surface area (Å²) in [4.78, 5) is 31.3. The predicted octanol–water partition coefficient (Wildman–Crippen LogP) is 2.87. The Hall–Kier alpha value is -3.75. The maximum Gasteiger partial charge on any atom is 0.407 e. The molecule has 3 aromatic rings. The molecule has 30 heavy (non-hydrogen) atoms. The minimum absolute atomic E-state index is 0.000328. The van der Waals surface area contributed by atoms with Crippen molar-refractivity contribution in [1.82, 2.24) is 24.6 Å². The average Bonchev–Trinajstić information content (AvgIpc) is 3.13. The van der Waals surface area contributed by atoms with Gasteiger partial charge >= 0.3 is 6.09 Å². The summed E-state index contributed by atoms with van der Waals surface area (Å²) in [5.41, 5.74) is 3.32. The van der Waals surface area contributed by atoms with Crippen LogP contribution in [0.1, 0.15) is 11.7 Å². The van der Waals surface area contributed by atoms with Crippen molar-refractivity contribution >= 4 is 12.0 Å². The van der Waals surface area contributed by atoms with Crippen molar-refractivity contribution in [1.29, 1.82) is 0 Å². The van der Waals surface area contributed by atoms with Gasteiger partial charge in [-0.2, -0.15) is 5.10 Å². The van der Waals surface area contributed by atoms with Crippen LogP contribution >= 0.6 is 0 Å². The predicted molar refractivity (Wildman–Crippen MR) is 107 cm³/mol. The Bertz CT molecular complexity index is 1100. The second-order valence-corrected chi connectivity index (χ2v) is 7.27. The number of halogens is 1. The molecule has 9 heteroatoms. The van der Waals surface area contributed by atoms with Gasteiger partial charge in [0.25, 0.3) is 0 Å². The fourth-order valence-electron chi connectivity index (χ4n) is 3.67. The van der Waals surface area contributed by atoms with Gasteiger partial charge < -0.3 is 10.0 Å². The van der Waals surface area contributed by atoms with Crippen molar-refractivity contribution in [2.75, 3.05) is 20.6 Å². The number of nitrogens with zero attached hydrogens (tertiary/aromatic N) is 5. The van der Waals surface area contributed by atoms with E-state index in [0.29, 0.717) is 22.5 Å². The normalized spacial score (nSPS) is 15.6. The zero-order valence-electron chi connectivity index (χ0n) is 16.5. The highest BCUT2D eigenvalue weighted by Crippen LogP contribution is 2.38. The monoisotopic (exact) mass is 409 g/mol. The Balaban J connectivity index is 1.97. The SMILES string of the molecule is CN(C)C(=O)C1CN(C(=O)O)Cc2c(-c3ccncc3)c(-c3ccc(F)cc3)nn21. The Kier molecular flexibility index (Phi) is 4.94. The van der Waals surface area contributed by atoms with Crippen molar-refractivity contribution in [3.05, 3.63) is 60.3 Å². The third-order valence-corrected chi connectivity index (χ3v) is 5.12. The van der Waals surface area contributed by atoms with Gasteiger partial charge in [0.1, 0.15) is 17.6 Å². The van der Waals surface area contributed by atoms with E-state index in [1.54, 1.807) is 55.4 Å². The summed E-state index contributed by atoms with van der Waals surface area (Å²) in [5.74, 6) is -0.623. The topological polar surface area (TPSA) is 91.6 Å². The smallest absolute Gasteiger partial charge is 0.407 e. The fourth-order valence-corrected chi connectivity index (χ4v) is 3.67. The first-order valence-electron chi connectivity index (χ1n) is 9.33. The van der Waals surface area contributed by atoms with E-state index in [-0.39, 0.29) is 24.8 Å². The summed E-state index contributed by atoms with van der Waals surface area (Å²) in [7, 11) is 3.24. The number of carbonyl (C=O) groups excluding carboxylic acids is 1. The molecule has 2 aromatic heterocycles. The Morgan fingerprint density at radius 2 is 1.77 bits per heavy atom. The van der Waals surface area contributed by atoms with Gasteiger partial charge in [-0.05, 0) is 42.0 Å². The molecule has 0 spiro atoms. The third-order valence-electron chi connectivity index (χ3n) is 5.12. The molecule has 1 aromatic carbocycles. The Morgan fingerprint density at radius 1 is 1.10 bits per heavy atom. The molecule has 0 saturated heterocycles. The number of aromatic nitrogens is 3. The fraction of sp³-hybridized carbons (Fsp3) is 0.238. The summed E-state index contributed by atoms with van der Waals surface area (Å²) in [5, 5.41) is 14.3. The number of hydrogen-bond acceptors (Lipinski definition) is 4. The van der Waals surface area contributed by atoms with Crippen LogP contribution in [0.15, 0.2) is 48.8 Å². The largest absolute Gasteiger partial charge is 0.465 e. The minimum Gasteiger partial charge on any atom is -0.465 e. The average molecular weight is 409 g/mol. The molecule has 2 amide bonds. The van der Waals surface area contributed by atoms with Gasteiger partial charge in [-0.1, -0.05) is 0 Å². The quantitative estimate of drug-likeness (QED) is 0.718. The lowest BCUT2D eigenvalue weighted by Gasteiger charge is -2.33. The summed E-state index contributed by atoms with van der Waals surface area (Å²) >= 11 is 0. The lowest BCUT2D eigenvalue weighted by molar-refractivity contribution is -0.133. The third kappa shape index (κ3) is 3.38. The number of carboxylic acid groups (broad SMARTS) is 1. The second-order valence-electron chi connectivity index (χ2n) is 7.27. The van der Waals surface area contributed by atoms with Crippen LogP contribution in [-0.2, 0) is 11.3 Å². The molecule has 1 aliphatic rings. The molecule has 8 nitrogen and oxygen atoms in total. The lowest BCUT2D eigenvalue weighted by atomic mass is 9.98. The van der Waals surface area contributed by atoms with Crippen molar-refractivity contribution in [3.8, 4) is 22.4 Å². The molecule has 0 bridgehead atoms. The Morgan fingerprint density at radius 3 is 2.37 bits per heavy atom. The van der Waals surface area contributed by atoms with Crippen LogP contribution in [0.2, 0.25) is 0 Å². The van der Waals surface area contributed by atoms with Crippen LogP contribution in [0.3, 0.4) is 0 Å². The van der Waals surface area contributed by atoms with Crippen LogP contribution < -0.4 is 0 Å². The van der Waals surface area contributed by atoms with E-state index < -0.39 is 12.1 Å². The van der Waals surface area contributed by atoms with E-state index in [1.165, 1.54) is 21.9 Å². The van der Waals surface area contributed by atoms with Crippen LogP contribution in [-0.4, -0.2) is 62.3 Å². The van der Waals surface area contributed by atoms with Gasteiger partial charge in [0.2, 0.25) is 5.91 Å². The molecule has 0 aliphatic carbocycles. The highest BCUT2D eigenvalue weighted by atomic mass is 19.1. The number of amides is 2. The van der Waals surface area contributed by atoms with Crippen molar-refractivity contribution < 1.29 is 19.1 Å². The zero-order chi connectivity index (χ0) is 21.4. The first-order chi connectivity index (χ1) is 14.4. The van der Waals surface area contributed by atoms with E-state index in [4.69, 9.17) is 5.10 Å². The number of likely N-dealkylation sites (N-methyl/N-ethyl adjacent to an activating group) is 1. The molecule has 1 unspecified atom stereocenters. The highest BCUT2D eigenvalue weighted by molar-refractivity contribution is 5.86. The van der Waals surface area contributed by atoms with E-state index in [0.717, 1.165) is 5.56 Å². The number of rotatable bonds is 3. The summed E-state index contributed by atoms with van der Waals surface area (Å²) in [6.45, 7) is 0.0814. The van der Waals surface area contributed by atoms with Gasteiger partial charge in [0, 0.05) is 37.6 Å². The van der Waals surface area contributed by atoms with Gasteiger partial charge in [0.15, 0.2) is 0 Å². The molecule has 1 aliphatic heterocycles. The number of carbonyl (C=O) groups is 2. The molecule has 1 N–H and O–H groups in total. The number of hydrogen-bond donors (Lipinski definition) is 1.